The molecule has 1 aromatic rings. The summed E-state index contributed by atoms with van der Waals surface area (Å²) in [5.74, 6) is -0.952. The van der Waals surface area contributed by atoms with E-state index < -0.39 is 30.1 Å². The summed E-state index contributed by atoms with van der Waals surface area (Å²) in [4.78, 5) is 25.9. The second kappa shape index (κ2) is 8.67. The number of β-amino-alcohol motifs (C(OH)–C–C–N with tert-alkyl or cyclic N) is 1. The monoisotopic (exact) mass is 347 g/mol. The molecule has 1 heterocycles. The first-order valence-electron chi connectivity index (χ1n) is 8.30. The van der Waals surface area contributed by atoms with E-state index in [9.17, 15) is 14.7 Å². The summed E-state index contributed by atoms with van der Waals surface area (Å²) in [5, 5.41) is 10.3. The Kier molecular flexibility index (Phi) is 6.58. The average Bonchev–Trinajstić information content (AvgIpc) is 2.94. The van der Waals surface area contributed by atoms with E-state index in [1.165, 1.54) is 12.0 Å². The first kappa shape index (κ1) is 19.0. The maximum absolute atomic E-state index is 12.4. The Balaban J connectivity index is 2.10. The minimum absolute atomic E-state index is 0.0503. The van der Waals surface area contributed by atoms with E-state index in [1.807, 2.05) is 50.3 Å². The van der Waals surface area contributed by atoms with Gasteiger partial charge in [0.2, 0.25) is 0 Å². The third kappa shape index (κ3) is 4.82. The number of carbonyl (C=O) groups is 2. The molecule has 0 spiro atoms. The normalized spacial score (nSPS) is 22.4. The zero-order valence-corrected chi connectivity index (χ0v) is 14.8. The number of aliphatic hydroxyl groups excluding tert-OH is 1. The summed E-state index contributed by atoms with van der Waals surface area (Å²) in [7, 11) is 1.28. The van der Waals surface area contributed by atoms with E-state index >= 15 is 0 Å². The van der Waals surface area contributed by atoms with E-state index in [1.54, 1.807) is 0 Å². The van der Waals surface area contributed by atoms with Crippen LogP contribution in [0.2, 0.25) is 0 Å². The van der Waals surface area contributed by atoms with Crippen LogP contribution in [-0.4, -0.2) is 47.9 Å². The van der Waals surface area contributed by atoms with E-state index in [0.717, 1.165) is 11.1 Å². The van der Waals surface area contributed by atoms with Gasteiger partial charge in [-0.15, -0.1) is 0 Å². The molecule has 3 atom stereocenters. The van der Waals surface area contributed by atoms with E-state index in [-0.39, 0.29) is 13.2 Å². The highest BCUT2D eigenvalue weighted by Gasteiger charge is 2.48. The van der Waals surface area contributed by atoms with Gasteiger partial charge in [0.15, 0.2) is 0 Å². The third-order valence-corrected chi connectivity index (χ3v) is 4.30. The maximum atomic E-state index is 12.4. The van der Waals surface area contributed by atoms with Gasteiger partial charge < -0.3 is 14.6 Å². The molecule has 6 heteroatoms. The summed E-state index contributed by atoms with van der Waals surface area (Å²) in [6.45, 7) is 4.05. The van der Waals surface area contributed by atoms with Gasteiger partial charge in [0.05, 0.1) is 19.8 Å². The van der Waals surface area contributed by atoms with Gasteiger partial charge in [-0.2, -0.15) is 0 Å². The number of amides is 1. The lowest BCUT2D eigenvalue weighted by molar-refractivity contribution is -0.147. The number of benzene rings is 1. The number of rotatable bonds is 5. The van der Waals surface area contributed by atoms with Crippen LogP contribution in [-0.2, 0) is 20.9 Å². The molecule has 0 radical (unpaired) electrons. The molecular formula is C19H25NO5. The first-order chi connectivity index (χ1) is 11.9. The van der Waals surface area contributed by atoms with Crippen molar-refractivity contribution in [3.05, 3.63) is 47.5 Å². The number of allylic oxidation sites excluding steroid dienone is 2. The number of carbonyl (C=O) groups excluding carboxylic acids is 2. The Bertz CT molecular complexity index is 624. The fourth-order valence-electron chi connectivity index (χ4n) is 2.96. The molecule has 1 aromatic carbocycles. The lowest BCUT2D eigenvalue weighted by Crippen LogP contribution is -2.44. The molecule has 136 valence electrons. The Morgan fingerprint density at radius 3 is 2.56 bits per heavy atom. The van der Waals surface area contributed by atoms with Crippen LogP contribution in [0.25, 0.3) is 0 Å². The molecular weight excluding hydrogens is 322 g/mol. The highest BCUT2D eigenvalue weighted by atomic mass is 16.6. The van der Waals surface area contributed by atoms with Gasteiger partial charge in [-0.05, 0) is 25.8 Å². The van der Waals surface area contributed by atoms with Crippen LogP contribution in [0.15, 0.2) is 42.0 Å². The largest absolute Gasteiger partial charge is 0.467 e. The van der Waals surface area contributed by atoms with Crippen molar-refractivity contribution < 1.29 is 24.2 Å². The van der Waals surface area contributed by atoms with Crippen molar-refractivity contribution in [1.29, 1.82) is 0 Å². The zero-order chi connectivity index (χ0) is 18.4. The van der Waals surface area contributed by atoms with Gasteiger partial charge in [-0.3, -0.25) is 4.90 Å². The number of nitrogens with zero attached hydrogens (tertiary/aromatic N) is 1. The summed E-state index contributed by atoms with van der Waals surface area (Å²) in [5.41, 5.74) is 1.94. The predicted molar refractivity (Wildman–Crippen MR) is 92.7 cm³/mol. The number of aliphatic hydroxyl groups is 1. The van der Waals surface area contributed by atoms with E-state index in [2.05, 4.69) is 0 Å². The highest BCUT2D eigenvalue weighted by molar-refractivity contribution is 5.82. The molecule has 1 N–H and O–H groups in total. The predicted octanol–water partition coefficient (Wildman–Crippen LogP) is 2.51. The minimum atomic E-state index is -0.848. The van der Waals surface area contributed by atoms with Gasteiger partial charge in [-0.25, -0.2) is 9.59 Å². The Labute approximate surface area is 148 Å². The number of methoxy groups -OCH3 is 1. The Hall–Kier alpha value is -2.34. The van der Waals surface area contributed by atoms with Crippen molar-refractivity contribution in [2.45, 2.75) is 39.0 Å². The first-order valence-corrected chi connectivity index (χ1v) is 8.30. The Morgan fingerprint density at radius 1 is 1.28 bits per heavy atom. The van der Waals surface area contributed by atoms with E-state index in [4.69, 9.17) is 9.47 Å². The number of hydrogen-bond donors (Lipinski definition) is 1. The van der Waals surface area contributed by atoms with Gasteiger partial charge >= 0.3 is 12.1 Å². The third-order valence-electron chi connectivity index (χ3n) is 4.30. The highest BCUT2D eigenvalue weighted by Crippen LogP contribution is 2.30. The van der Waals surface area contributed by atoms with Gasteiger partial charge in [0, 0.05) is 5.92 Å². The zero-order valence-electron chi connectivity index (χ0n) is 14.8. The van der Waals surface area contributed by atoms with Crippen LogP contribution in [0.1, 0.15) is 25.8 Å². The molecule has 0 aromatic heterocycles. The molecule has 1 saturated heterocycles. The summed E-state index contributed by atoms with van der Waals surface area (Å²) < 4.78 is 10.2. The van der Waals surface area contributed by atoms with Crippen LogP contribution in [0.5, 0.6) is 0 Å². The van der Waals surface area contributed by atoms with Gasteiger partial charge in [0.1, 0.15) is 12.6 Å². The Morgan fingerprint density at radius 2 is 1.96 bits per heavy atom. The van der Waals surface area contributed by atoms with Crippen LogP contribution >= 0.6 is 0 Å². The molecule has 1 fully saturated rings. The van der Waals surface area contributed by atoms with Crippen molar-refractivity contribution in [3.8, 4) is 0 Å². The molecule has 0 bridgehead atoms. The second-order valence-electron chi connectivity index (χ2n) is 6.41. The van der Waals surface area contributed by atoms with Gasteiger partial charge in [-0.1, -0.05) is 42.0 Å². The molecule has 1 aliphatic heterocycles. The molecule has 1 aliphatic rings. The molecule has 0 aliphatic carbocycles. The van der Waals surface area contributed by atoms with Crippen molar-refractivity contribution >= 4 is 12.1 Å². The molecule has 0 saturated carbocycles. The summed E-state index contributed by atoms with van der Waals surface area (Å²) in [6.07, 6.45) is 1.01. The number of ether oxygens (including phenoxy) is 2. The minimum Gasteiger partial charge on any atom is -0.467 e. The lowest BCUT2D eigenvalue weighted by atomic mass is 9.93. The number of hydrogen-bond acceptors (Lipinski definition) is 5. The molecule has 0 unspecified atom stereocenters. The van der Waals surface area contributed by atoms with E-state index in [0.29, 0.717) is 6.42 Å². The van der Waals surface area contributed by atoms with Crippen molar-refractivity contribution in [2.75, 3.05) is 13.7 Å². The molecule has 2 rings (SSSR count). The summed E-state index contributed by atoms with van der Waals surface area (Å²) in [6, 6.07) is 8.44. The number of likely N-dealkylation sites (tertiary alicyclic amines) is 1. The van der Waals surface area contributed by atoms with Crippen LogP contribution in [0.4, 0.5) is 4.79 Å². The quantitative estimate of drug-likeness (QED) is 0.654. The lowest BCUT2D eigenvalue weighted by Gasteiger charge is -2.24. The maximum Gasteiger partial charge on any atom is 0.410 e. The van der Waals surface area contributed by atoms with Crippen molar-refractivity contribution in [2.24, 2.45) is 5.92 Å². The van der Waals surface area contributed by atoms with Gasteiger partial charge in [0.25, 0.3) is 0 Å². The standard InChI is InChI=1S/C19H25NO5/c1-13(2)9-10-15-16(21)11-20(17(15)18(22)24-3)19(23)25-12-14-7-5-4-6-8-14/h4-9,15-17,21H,10-12H2,1-3H3/t15-,16+,17-/m0/s1. The van der Waals surface area contributed by atoms with Crippen LogP contribution in [0.3, 0.4) is 0 Å². The van der Waals surface area contributed by atoms with Crippen molar-refractivity contribution in [3.63, 3.8) is 0 Å². The second-order valence-corrected chi connectivity index (χ2v) is 6.41. The SMILES string of the molecule is COC(=O)[C@@H]1[C@@H](CC=C(C)C)[C@H](O)CN1C(=O)OCc1ccccc1. The molecule has 1 amide bonds. The fraction of sp³-hybridized carbons (Fsp3) is 0.474. The number of esters is 1. The average molecular weight is 347 g/mol. The smallest absolute Gasteiger partial charge is 0.410 e. The molecule has 6 nitrogen and oxygen atoms in total. The van der Waals surface area contributed by atoms with Crippen LogP contribution < -0.4 is 0 Å². The topological polar surface area (TPSA) is 76.1 Å². The summed E-state index contributed by atoms with van der Waals surface area (Å²) >= 11 is 0. The molecule has 25 heavy (non-hydrogen) atoms. The van der Waals surface area contributed by atoms with Crippen molar-refractivity contribution in [1.82, 2.24) is 4.90 Å². The fourth-order valence-corrected chi connectivity index (χ4v) is 2.96. The van der Waals surface area contributed by atoms with Crippen LogP contribution in [0, 0.1) is 5.92 Å².